The zero-order valence-corrected chi connectivity index (χ0v) is 6.46. The van der Waals surface area contributed by atoms with E-state index in [1.54, 1.807) is 0 Å². The summed E-state index contributed by atoms with van der Waals surface area (Å²) >= 11 is 0. The van der Waals surface area contributed by atoms with E-state index in [-0.39, 0.29) is 0 Å². The molecule has 1 N–H and O–H groups in total. The summed E-state index contributed by atoms with van der Waals surface area (Å²) < 4.78 is 0. The molecule has 4 nitrogen and oxygen atoms in total. The summed E-state index contributed by atoms with van der Waals surface area (Å²) in [7, 11) is 0. The first-order valence-corrected chi connectivity index (χ1v) is 3.52. The summed E-state index contributed by atoms with van der Waals surface area (Å²) in [5.74, 6) is 0. The van der Waals surface area contributed by atoms with Crippen molar-refractivity contribution in [1.29, 1.82) is 0 Å². The first-order chi connectivity index (χ1) is 5.93. The highest BCUT2D eigenvalue weighted by atomic mass is 16.4. The van der Waals surface area contributed by atoms with Crippen molar-refractivity contribution < 1.29 is 5.21 Å². The third-order valence-corrected chi connectivity index (χ3v) is 1.19. The average molecular weight is 163 g/mol. The van der Waals surface area contributed by atoms with Gasteiger partial charge in [-0.15, -0.1) is 5.16 Å². The van der Waals surface area contributed by atoms with Gasteiger partial charge in [-0.2, -0.15) is 10.2 Å². The summed E-state index contributed by atoms with van der Waals surface area (Å²) in [6.07, 6.45) is 1.27. The number of azo groups is 1. The van der Waals surface area contributed by atoms with Crippen LogP contribution in [0.5, 0.6) is 0 Å². The second kappa shape index (κ2) is 5.01. The molecule has 62 valence electrons. The van der Waals surface area contributed by atoms with E-state index in [9.17, 15) is 0 Å². The third kappa shape index (κ3) is 2.92. The van der Waals surface area contributed by atoms with E-state index in [1.807, 2.05) is 30.3 Å². The highest BCUT2D eigenvalue weighted by Crippen LogP contribution is 2.09. The summed E-state index contributed by atoms with van der Waals surface area (Å²) in [6.45, 7) is 0.297. The van der Waals surface area contributed by atoms with Crippen LogP contribution in [0.1, 0.15) is 0 Å². The van der Waals surface area contributed by atoms with Gasteiger partial charge in [0.05, 0.1) is 18.4 Å². The van der Waals surface area contributed by atoms with Gasteiger partial charge in [0.25, 0.3) is 0 Å². The Kier molecular flexibility index (Phi) is 3.50. The zero-order chi connectivity index (χ0) is 8.65. The maximum absolute atomic E-state index is 8.03. The van der Waals surface area contributed by atoms with Crippen molar-refractivity contribution >= 4 is 11.9 Å². The molecule has 0 spiro atoms. The number of hydrogen-bond acceptors (Lipinski definition) is 4. The van der Waals surface area contributed by atoms with Crippen LogP contribution in [0, 0.1) is 0 Å². The smallest absolute Gasteiger partial charge is 0.0988 e. The van der Waals surface area contributed by atoms with Crippen molar-refractivity contribution in [2.75, 3.05) is 6.54 Å². The molecule has 0 aliphatic carbocycles. The van der Waals surface area contributed by atoms with Gasteiger partial charge in [-0.3, -0.25) is 0 Å². The maximum atomic E-state index is 8.03. The van der Waals surface area contributed by atoms with Gasteiger partial charge in [0.2, 0.25) is 0 Å². The topological polar surface area (TPSA) is 57.3 Å². The fraction of sp³-hybridized carbons (Fsp3) is 0.125. The van der Waals surface area contributed by atoms with E-state index in [1.165, 1.54) is 6.21 Å². The Morgan fingerprint density at radius 2 is 2.00 bits per heavy atom. The summed E-state index contributed by atoms with van der Waals surface area (Å²) in [4.78, 5) is 0. The largest absolute Gasteiger partial charge is 0.411 e. The first-order valence-electron chi connectivity index (χ1n) is 3.52. The minimum absolute atomic E-state index is 0.297. The summed E-state index contributed by atoms with van der Waals surface area (Å²) in [5.41, 5.74) is 0.795. The van der Waals surface area contributed by atoms with Crippen LogP contribution < -0.4 is 0 Å². The van der Waals surface area contributed by atoms with Crippen LogP contribution in [-0.2, 0) is 0 Å². The van der Waals surface area contributed by atoms with Crippen LogP contribution in [0.25, 0.3) is 0 Å². The fourth-order valence-corrected chi connectivity index (χ4v) is 0.690. The van der Waals surface area contributed by atoms with Gasteiger partial charge in [-0.25, -0.2) is 0 Å². The predicted octanol–water partition coefficient (Wildman–Crippen LogP) is 2.23. The van der Waals surface area contributed by atoms with E-state index in [2.05, 4.69) is 15.4 Å². The molecule has 1 rings (SSSR count). The Balaban J connectivity index is 2.47. The number of oxime groups is 1. The number of rotatable bonds is 3. The fourth-order valence-electron chi connectivity index (χ4n) is 0.690. The highest BCUT2D eigenvalue weighted by molar-refractivity contribution is 5.58. The molecule has 0 atom stereocenters. The minimum atomic E-state index is 0.297. The van der Waals surface area contributed by atoms with Gasteiger partial charge < -0.3 is 5.21 Å². The normalized spacial score (nSPS) is 11.3. The standard InChI is InChI=1S/C8H9N3O/c12-10-7-6-9-11-8-4-2-1-3-5-8/h1-5,7,12H,6H2/b10-7+,11-9+. The molecule has 0 unspecified atom stereocenters. The van der Waals surface area contributed by atoms with Crippen molar-refractivity contribution in [1.82, 2.24) is 0 Å². The molecular weight excluding hydrogens is 154 g/mol. The molecule has 0 bridgehead atoms. The second-order valence-electron chi connectivity index (χ2n) is 2.06. The van der Waals surface area contributed by atoms with Gasteiger partial charge in [0, 0.05) is 0 Å². The quantitative estimate of drug-likeness (QED) is 0.316. The molecule has 4 heteroatoms. The lowest BCUT2D eigenvalue weighted by Crippen LogP contribution is -1.77. The van der Waals surface area contributed by atoms with Crippen molar-refractivity contribution in [2.24, 2.45) is 15.4 Å². The summed E-state index contributed by atoms with van der Waals surface area (Å²) in [6, 6.07) is 9.37. The first kappa shape index (κ1) is 8.39. The molecule has 0 saturated carbocycles. The molecule has 0 aromatic heterocycles. The molecular formula is C8H9N3O. The molecule has 1 aromatic carbocycles. The lowest BCUT2D eigenvalue weighted by molar-refractivity contribution is 0.321. The van der Waals surface area contributed by atoms with Crippen LogP contribution in [-0.4, -0.2) is 18.0 Å². The van der Waals surface area contributed by atoms with E-state index in [0.717, 1.165) is 5.69 Å². The van der Waals surface area contributed by atoms with Crippen LogP contribution in [0.15, 0.2) is 45.7 Å². The van der Waals surface area contributed by atoms with Gasteiger partial charge >= 0.3 is 0 Å². The molecule has 0 heterocycles. The molecule has 1 aromatic rings. The van der Waals surface area contributed by atoms with Crippen molar-refractivity contribution in [3.05, 3.63) is 30.3 Å². The van der Waals surface area contributed by atoms with Gasteiger partial charge in [-0.1, -0.05) is 18.2 Å². The van der Waals surface area contributed by atoms with Crippen molar-refractivity contribution in [2.45, 2.75) is 0 Å². The second-order valence-corrected chi connectivity index (χ2v) is 2.06. The molecule has 12 heavy (non-hydrogen) atoms. The van der Waals surface area contributed by atoms with Crippen LogP contribution in [0.4, 0.5) is 5.69 Å². The summed E-state index contributed by atoms with van der Waals surface area (Å²) in [5, 5.41) is 18.4. The monoisotopic (exact) mass is 163 g/mol. The minimum Gasteiger partial charge on any atom is -0.411 e. The third-order valence-electron chi connectivity index (χ3n) is 1.19. The predicted molar refractivity (Wildman–Crippen MR) is 46.1 cm³/mol. The Morgan fingerprint density at radius 1 is 1.25 bits per heavy atom. The van der Waals surface area contributed by atoms with Crippen LogP contribution in [0.3, 0.4) is 0 Å². The van der Waals surface area contributed by atoms with Crippen LogP contribution in [0.2, 0.25) is 0 Å². The zero-order valence-electron chi connectivity index (χ0n) is 6.46. The Hall–Kier alpha value is -1.71. The molecule has 0 fully saturated rings. The Morgan fingerprint density at radius 3 is 2.67 bits per heavy atom. The lowest BCUT2D eigenvalue weighted by Gasteiger charge is -1.87. The number of hydrogen-bond donors (Lipinski definition) is 1. The Labute approximate surface area is 70.3 Å². The maximum Gasteiger partial charge on any atom is 0.0988 e. The van der Waals surface area contributed by atoms with Crippen molar-refractivity contribution in [3.8, 4) is 0 Å². The molecule has 0 aliphatic heterocycles. The van der Waals surface area contributed by atoms with Gasteiger partial charge in [0.15, 0.2) is 0 Å². The van der Waals surface area contributed by atoms with Gasteiger partial charge in [-0.05, 0) is 12.1 Å². The molecule has 0 amide bonds. The lowest BCUT2D eigenvalue weighted by atomic mass is 10.3. The Bertz CT molecular complexity index is 269. The van der Waals surface area contributed by atoms with E-state index >= 15 is 0 Å². The SMILES string of the molecule is O/N=C/C/N=N/c1ccccc1. The molecule has 0 saturated heterocycles. The molecule has 0 radical (unpaired) electrons. The van der Waals surface area contributed by atoms with Gasteiger partial charge in [0.1, 0.15) is 0 Å². The van der Waals surface area contributed by atoms with Crippen molar-refractivity contribution in [3.63, 3.8) is 0 Å². The highest BCUT2D eigenvalue weighted by Gasteiger charge is 1.82. The number of nitrogens with zero attached hydrogens (tertiary/aromatic N) is 3. The number of benzene rings is 1. The van der Waals surface area contributed by atoms with E-state index in [0.29, 0.717) is 6.54 Å². The van der Waals surface area contributed by atoms with E-state index in [4.69, 9.17) is 5.21 Å². The average Bonchev–Trinajstić information content (AvgIpc) is 2.14. The van der Waals surface area contributed by atoms with E-state index < -0.39 is 0 Å². The van der Waals surface area contributed by atoms with Crippen LogP contribution >= 0.6 is 0 Å². The molecule has 0 aliphatic rings.